The van der Waals surface area contributed by atoms with E-state index in [4.69, 9.17) is 13.7 Å². The molecule has 0 saturated heterocycles. The summed E-state index contributed by atoms with van der Waals surface area (Å²) in [6, 6.07) is 4.15. The minimum Gasteiger partial charge on any atom is -0.463 e. The maximum Gasteiger partial charge on any atom is 0.339 e. The minimum atomic E-state index is -0.785. The molecule has 0 aliphatic rings. The zero-order valence-corrected chi connectivity index (χ0v) is 14.6. The molecule has 0 aromatic carbocycles. The molecule has 10 nitrogen and oxygen atoms in total. The van der Waals surface area contributed by atoms with Crippen LogP contribution in [0.25, 0.3) is 22.6 Å². The number of furan rings is 1. The van der Waals surface area contributed by atoms with Crippen LogP contribution in [-0.2, 0) is 9.53 Å². The van der Waals surface area contributed by atoms with Gasteiger partial charge < -0.3 is 19.0 Å². The highest BCUT2D eigenvalue weighted by Gasteiger charge is 2.22. The number of nitrogens with zero attached hydrogens (tertiary/aromatic N) is 2. The number of hydrogen-bond acceptors (Lipinski definition) is 8. The normalized spacial score (nSPS) is 10.6. The Hall–Kier alpha value is -3.69. The zero-order valence-electron chi connectivity index (χ0n) is 14.6. The highest BCUT2D eigenvalue weighted by Crippen LogP contribution is 2.27. The molecule has 27 heavy (non-hydrogen) atoms. The van der Waals surface area contributed by atoms with E-state index in [1.54, 1.807) is 26.0 Å². The smallest absolute Gasteiger partial charge is 0.339 e. The van der Waals surface area contributed by atoms with E-state index in [1.807, 2.05) is 5.32 Å². The van der Waals surface area contributed by atoms with E-state index in [9.17, 15) is 14.4 Å². The summed E-state index contributed by atoms with van der Waals surface area (Å²) in [7, 11) is 0. The van der Waals surface area contributed by atoms with Crippen molar-refractivity contribution >= 4 is 29.0 Å². The van der Waals surface area contributed by atoms with E-state index in [0.717, 1.165) is 0 Å². The molecule has 0 atom stereocenters. The quantitative estimate of drug-likeness (QED) is 0.647. The van der Waals surface area contributed by atoms with Crippen LogP contribution >= 0.6 is 0 Å². The number of imide groups is 1. The highest BCUT2D eigenvalue weighted by atomic mass is 16.5. The number of aromatic nitrogens is 2. The molecule has 0 aliphatic carbocycles. The van der Waals surface area contributed by atoms with E-state index in [0.29, 0.717) is 29.1 Å². The lowest BCUT2D eigenvalue weighted by Crippen LogP contribution is -2.41. The second kappa shape index (κ2) is 7.68. The number of nitrogens with one attached hydrogen (secondary N) is 2. The van der Waals surface area contributed by atoms with Gasteiger partial charge in [-0.15, -0.1) is 0 Å². The molecular weight excluding hydrogens is 356 g/mol. The number of ether oxygens (including phenoxy) is 1. The molecule has 3 aromatic rings. The molecule has 0 aliphatic heterocycles. The van der Waals surface area contributed by atoms with Crippen molar-refractivity contribution in [2.75, 3.05) is 13.2 Å². The van der Waals surface area contributed by atoms with Crippen molar-refractivity contribution in [2.45, 2.75) is 13.8 Å². The van der Waals surface area contributed by atoms with Gasteiger partial charge in [0.1, 0.15) is 5.69 Å². The van der Waals surface area contributed by atoms with Crippen LogP contribution in [0.1, 0.15) is 23.0 Å². The zero-order chi connectivity index (χ0) is 19.4. The SMILES string of the molecule is CCNC(=O)NC(=O)COC(=O)c1cc(-c2ccco2)nc2onc(C)c12. The Labute approximate surface area is 152 Å². The molecular formula is C17H16N4O6. The molecule has 3 amide bonds. The van der Waals surface area contributed by atoms with Crippen molar-refractivity contribution in [1.82, 2.24) is 20.8 Å². The third-order valence-corrected chi connectivity index (χ3v) is 3.54. The number of pyridine rings is 1. The Morgan fingerprint density at radius 2 is 2.11 bits per heavy atom. The fraction of sp³-hybridized carbons (Fsp3) is 0.235. The number of esters is 1. The first-order chi connectivity index (χ1) is 13.0. The maximum atomic E-state index is 12.5. The predicted octanol–water partition coefficient (Wildman–Crippen LogP) is 1.79. The Balaban J connectivity index is 1.82. The van der Waals surface area contributed by atoms with Crippen LogP contribution in [0, 0.1) is 6.92 Å². The number of carbonyl (C=O) groups excluding carboxylic acids is 3. The van der Waals surface area contributed by atoms with Crippen LogP contribution in [0.4, 0.5) is 4.79 Å². The van der Waals surface area contributed by atoms with Crippen LogP contribution in [0.5, 0.6) is 0 Å². The molecule has 0 fully saturated rings. The predicted molar refractivity (Wildman–Crippen MR) is 91.7 cm³/mol. The molecule has 0 radical (unpaired) electrons. The minimum absolute atomic E-state index is 0.121. The molecule has 3 aromatic heterocycles. The molecule has 0 spiro atoms. The van der Waals surface area contributed by atoms with Gasteiger partial charge in [-0.05, 0) is 32.0 Å². The monoisotopic (exact) mass is 372 g/mol. The van der Waals surface area contributed by atoms with E-state index in [-0.39, 0.29) is 11.3 Å². The van der Waals surface area contributed by atoms with E-state index < -0.39 is 24.5 Å². The standard InChI is InChI=1S/C17H16N4O6/c1-3-18-17(24)20-13(22)8-26-16(23)10-7-11(12-5-4-6-25-12)19-15-14(10)9(2)21-27-15/h4-7H,3,8H2,1-2H3,(H2,18,20,22,24). The van der Waals surface area contributed by atoms with Gasteiger partial charge in [-0.3, -0.25) is 10.1 Å². The van der Waals surface area contributed by atoms with Crippen molar-refractivity contribution < 1.29 is 28.1 Å². The summed E-state index contributed by atoms with van der Waals surface area (Å²) in [4.78, 5) is 39.8. The van der Waals surface area contributed by atoms with Gasteiger partial charge in [-0.2, -0.15) is 0 Å². The number of aryl methyl sites for hydroxylation is 1. The fourth-order valence-electron chi connectivity index (χ4n) is 2.38. The van der Waals surface area contributed by atoms with Crippen molar-refractivity contribution in [3.63, 3.8) is 0 Å². The van der Waals surface area contributed by atoms with Crippen molar-refractivity contribution in [1.29, 1.82) is 0 Å². The van der Waals surface area contributed by atoms with Gasteiger partial charge in [-0.1, -0.05) is 5.16 Å². The third-order valence-electron chi connectivity index (χ3n) is 3.54. The van der Waals surface area contributed by atoms with Crippen molar-refractivity contribution in [2.24, 2.45) is 0 Å². The molecule has 140 valence electrons. The highest BCUT2D eigenvalue weighted by molar-refractivity contribution is 6.05. The summed E-state index contributed by atoms with van der Waals surface area (Å²) in [5, 5.41) is 8.62. The van der Waals surface area contributed by atoms with Crippen LogP contribution in [-0.4, -0.2) is 41.2 Å². The maximum absolute atomic E-state index is 12.5. The van der Waals surface area contributed by atoms with E-state index in [2.05, 4.69) is 15.5 Å². The van der Waals surface area contributed by atoms with Gasteiger partial charge in [0.2, 0.25) is 0 Å². The summed E-state index contributed by atoms with van der Waals surface area (Å²) in [6.45, 7) is 3.09. The fourth-order valence-corrected chi connectivity index (χ4v) is 2.38. The van der Waals surface area contributed by atoms with Crippen LogP contribution in [0.3, 0.4) is 0 Å². The lowest BCUT2D eigenvalue weighted by Gasteiger charge is -2.07. The van der Waals surface area contributed by atoms with E-state index >= 15 is 0 Å². The summed E-state index contributed by atoms with van der Waals surface area (Å²) in [5.74, 6) is -1.12. The molecule has 3 heterocycles. The lowest BCUT2D eigenvalue weighted by molar-refractivity contribution is -0.123. The summed E-state index contributed by atoms with van der Waals surface area (Å²) in [6.07, 6.45) is 1.47. The molecule has 3 rings (SSSR count). The average molecular weight is 372 g/mol. The van der Waals surface area contributed by atoms with Gasteiger partial charge in [-0.25, -0.2) is 14.6 Å². The van der Waals surface area contributed by atoms with Gasteiger partial charge in [0.25, 0.3) is 11.6 Å². The summed E-state index contributed by atoms with van der Waals surface area (Å²) in [5.41, 5.74) is 1.06. The number of rotatable bonds is 5. The molecule has 0 bridgehead atoms. The lowest BCUT2D eigenvalue weighted by atomic mass is 10.1. The topological polar surface area (TPSA) is 137 Å². The summed E-state index contributed by atoms with van der Waals surface area (Å²) < 4.78 is 15.4. The Morgan fingerprint density at radius 3 is 2.81 bits per heavy atom. The van der Waals surface area contributed by atoms with Gasteiger partial charge in [0.05, 0.1) is 22.9 Å². The van der Waals surface area contributed by atoms with Gasteiger partial charge in [0.15, 0.2) is 12.4 Å². The molecule has 0 unspecified atom stereocenters. The first-order valence-electron chi connectivity index (χ1n) is 8.05. The van der Waals surface area contributed by atoms with Gasteiger partial charge >= 0.3 is 12.0 Å². The Bertz CT molecular complexity index is 992. The molecule has 0 saturated carbocycles. The van der Waals surface area contributed by atoms with Crippen LogP contribution in [0.2, 0.25) is 0 Å². The number of fused-ring (bicyclic) bond motifs is 1. The van der Waals surface area contributed by atoms with Crippen molar-refractivity contribution in [3.8, 4) is 11.5 Å². The number of carbonyl (C=O) groups is 3. The third kappa shape index (κ3) is 3.94. The van der Waals surface area contributed by atoms with E-state index in [1.165, 1.54) is 12.3 Å². The second-order valence-electron chi connectivity index (χ2n) is 5.46. The number of amides is 3. The van der Waals surface area contributed by atoms with Crippen LogP contribution < -0.4 is 10.6 Å². The van der Waals surface area contributed by atoms with Crippen LogP contribution in [0.15, 0.2) is 33.4 Å². The summed E-state index contributed by atoms with van der Waals surface area (Å²) >= 11 is 0. The first-order valence-corrected chi connectivity index (χ1v) is 8.05. The number of hydrogen-bond donors (Lipinski definition) is 2. The average Bonchev–Trinajstić information content (AvgIpc) is 3.29. The first kappa shape index (κ1) is 18.1. The molecule has 10 heteroatoms. The number of urea groups is 1. The van der Waals surface area contributed by atoms with Gasteiger partial charge in [0, 0.05) is 6.54 Å². The Morgan fingerprint density at radius 1 is 1.30 bits per heavy atom. The molecule has 2 N–H and O–H groups in total. The largest absolute Gasteiger partial charge is 0.463 e. The Kier molecular flexibility index (Phi) is 5.15. The van der Waals surface area contributed by atoms with Crippen molar-refractivity contribution in [3.05, 3.63) is 35.7 Å². The second-order valence-corrected chi connectivity index (χ2v) is 5.46.